The number of carbonyl (C=O) groups is 1. The van der Waals surface area contributed by atoms with Crippen LogP contribution in [-0.2, 0) is 19.0 Å². The van der Waals surface area contributed by atoms with Crippen LogP contribution in [0.3, 0.4) is 0 Å². The average Bonchev–Trinajstić information content (AvgIpc) is 2.83. The summed E-state index contributed by atoms with van der Waals surface area (Å²) >= 11 is 0. The van der Waals surface area contributed by atoms with E-state index in [2.05, 4.69) is 0 Å². The van der Waals surface area contributed by atoms with Crippen molar-refractivity contribution in [3.8, 4) is 0 Å². The van der Waals surface area contributed by atoms with E-state index in [1.807, 2.05) is 32.6 Å². The van der Waals surface area contributed by atoms with Crippen molar-refractivity contribution in [1.82, 2.24) is 4.90 Å². The maximum absolute atomic E-state index is 12.5. The monoisotopic (exact) mass is 395 g/mol. The number of aryl methyl sites for hydroxylation is 1. The first-order valence-corrected chi connectivity index (χ1v) is 10.9. The third-order valence-electron chi connectivity index (χ3n) is 5.20. The highest BCUT2D eigenvalue weighted by Gasteiger charge is 2.45. The Kier molecular flexibility index (Phi) is 5.54. The van der Waals surface area contributed by atoms with E-state index in [0.29, 0.717) is 0 Å². The van der Waals surface area contributed by atoms with Crippen molar-refractivity contribution in [3.05, 3.63) is 29.8 Å². The first-order valence-electron chi connectivity index (χ1n) is 9.52. The summed E-state index contributed by atoms with van der Waals surface area (Å²) in [7, 11) is -3.75. The van der Waals surface area contributed by atoms with E-state index >= 15 is 0 Å². The van der Waals surface area contributed by atoms with Crippen LogP contribution in [0, 0.1) is 12.8 Å². The predicted octanol–water partition coefficient (Wildman–Crippen LogP) is 3.88. The van der Waals surface area contributed by atoms with Crippen LogP contribution in [0.1, 0.15) is 52.0 Å². The first kappa shape index (κ1) is 20.1. The average molecular weight is 396 g/mol. The van der Waals surface area contributed by atoms with Gasteiger partial charge in [-0.25, -0.2) is 4.79 Å². The minimum absolute atomic E-state index is 0.106. The number of nitrogens with zero attached hydrogens (tertiary/aromatic N) is 1. The van der Waals surface area contributed by atoms with E-state index in [0.717, 1.165) is 31.2 Å². The normalized spacial score (nSPS) is 25.5. The summed E-state index contributed by atoms with van der Waals surface area (Å²) in [5.74, 6) is 0.126. The highest BCUT2D eigenvalue weighted by molar-refractivity contribution is 7.86. The van der Waals surface area contributed by atoms with E-state index in [1.54, 1.807) is 24.3 Å². The molecule has 2 heterocycles. The Hall–Kier alpha value is -1.60. The van der Waals surface area contributed by atoms with Crippen LogP contribution in [0.5, 0.6) is 0 Å². The summed E-state index contributed by atoms with van der Waals surface area (Å²) < 4.78 is 35.6. The lowest BCUT2D eigenvalue weighted by Gasteiger charge is -2.39. The van der Waals surface area contributed by atoms with Crippen LogP contribution < -0.4 is 0 Å². The van der Waals surface area contributed by atoms with E-state index in [9.17, 15) is 13.2 Å². The van der Waals surface area contributed by atoms with E-state index in [-0.39, 0.29) is 35.6 Å². The molecule has 1 aromatic rings. The van der Waals surface area contributed by atoms with Crippen molar-refractivity contribution in [2.45, 2.75) is 76.0 Å². The number of ether oxygens (including phenoxy) is 1. The zero-order chi connectivity index (χ0) is 19.8. The molecule has 1 unspecified atom stereocenters. The minimum atomic E-state index is -3.75. The van der Waals surface area contributed by atoms with Crippen molar-refractivity contribution >= 4 is 16.2 Å². The van der Waals surface area contributed by atoms with E-state index in [1.165, 1.54) is 0 Å². The Morgan fingerprint density at radius 1 is 1.11 bits per heavy atom. The third kappa shape index (κ3) is 4.82. The summed E-state index contributed by atoms with van der Waals surface area (Å²) in [6, 6.07) is 6.87. The second kappa shape index (κ2) is 7.43. The molecule has 27 heavy (non-hydrogen) atoms. The van der Waals surface area contributed by atoms with Gasteiger partial charge < -0.3 is 9.64 Å². The van der Waals surface area contributed by atoms with Gasteiger partial charge in [0.1, 0.15) is 5.60 Å². The number of carbonyl (C=O) groups excluding carboxylic acids is 1. The molecule has 0 saturated carbocycles. The molecule has 150 valence electrons. The molecular formula is C20H29NO5S. The molecule has 0 aliphatic carbocycles. The van der Waals surface area contributed by atoms with E-state index in [4.69, 9.17) is 8.92 Å². The van der Waals surface area contributed by atoms with Gasteiger partial charge in [-0.05, 0) is 71.4 Å². The topological polar surface area (TPSA) is 72.9 Å². The largest absolute Gasteiger partial charge is 0.444 e. The molecule has 7 heteroatoms. The molecule has 2 bridgehead atoms. The fraction of sp³-hybridized carbons (Fsp3) is 0.650. The fourth-order valence-corrected chi connectivity index (χ4v) is 4.97. The lowest BCUT2D eigenvalue weighted by atomic mass is 9.92. The van der Waals surface area contributed by atoms with Gasteiger partial charge in [0.2, 0.25) is 0 Å². The molecule has 2 saturated heterocycles. The van der Waals surface area contributed by atoms with Crippen molar-refractivity contribution in [2.75, 3.05) is 6.61 Å². The molecule has 1 aromatic carbocycles. The van der Waals surface area contributed by atoms with Crippen molar-refractivity contribution in [1.29, 1.82) is 0 Å². The van der Waals surface area contributed by atoms with Gasteiger partial charge in [-0.3, -0.25) is 4.18 Å². The number of fused-ring (bicyclic) bond motifs is 2. The molecule has 0 spiro atoms. The molecule has 3 atom stereocenters. The molecule has 2 fully saturated rings. The standard InChI is InChI=1S/C20H29NO5S/c1-14-5-9-18(10-6-14)27(23,24)25-13-15-11-16-7-8-17(12-15)21(16)19(22)26-20(2,3)4/h5-6,9-10,15-17H,7-8,11-13H2,1-4H3/t15?,16-,17+. The molecule has 0 radical (unpaired) electrons. The molecule has 2 aliphatic rings. The Balaban J connectivity index is 1.59. The lowest BCUT2D eigenvalue weighted by molar-refractivity contribution is -0.000849. The van der Waals surface area contributed by atoms with Gasteiger partial charge in [-0.2, -0.15) is 8.42 Å². The van der Waals surface area contributed by atoms with Crippen LogP contribution in [0.25, 0.3) is 0 Å². The van der Waals surface area contributed by atoms with Crippen molar-refractivity contribution < 1.29 is 22.1 Å². The van der Waals surface area contributed by atoms with Gasteiger partial charge in [0, 0.05) is 12.1 Å². The van der Waals surface area contributed by atoms with Crippen molar-refractivity contribution in [3.63, 3.8) is 0 Å². The maximum Gasteiger partial charge on any atom is 0.410 e. The quantitative estimate of drug-likeness (QED) is 0.724. The third-order valence-corrected chi connectivity index (χ3v) is 6.50. The van der Waals surface area contributed by atoms with Gasteiger partial charge >= 0.3 is 6.09 Å². The molecule has 6 nitrogen and oxygen atoms in total. The van der Waals surface area contributed by atoms with Crippen LogP contribution in [-0.4, -0.2) is 43.7 Å². The van der Waals surface area contributed by atoms with Gasteiger partial charge in [0.15, 0.2) is 0 Å². The molecule has 0 aromatic heterocycles. The van der Waals surface area contributed by atoms with Gasteiger partial charge in [-0.15, -0.1) is 0 Å². The van der Waals surface area contributed by atoms with Gasteiger partial charge in [0.25, 0.3) is 10.1 Å². The smallest absolute Gasteiger partial charge is 0.410 e. The second-order valence-electron chi connectivity index (χ2n) is 8.66. The second-order valence-corrected chi connectivity index (χ2v) is 10.3. The fourth-order valence-electron chi connectivity index (χ4n) is 4.00. The number of hydrogen-bond donors (Lipinski definition) is 0. The molecule has 2 aliphatic heterocycles. The summed E-state index contributed by atoms with van der Waals surface area (Å²) in [6.45, 7) is 7.66. The lowest BCUT2D eigenvalue weighted by Crippen LogP contribution is -2.49. The minimum Gasteiger partial charge on any atom is -0.444 e. The summed E-state index contributed by atoms with van der Waals surface area (Å²) in [5.41, 5.74) is 0.485. The Bertz CT molecular complexity index is 768. The van der Waals surface area contributed by atoms with E-state index < -0.39 is 15.7 Å². The molecule has 1 amide bonds. The number of piperidine rings is 1. The first-order chi connectivity index (χ1) is 12.5. The summed E-state index contributed by atoms with van der Waals surface area (Å²) in [5, 5.41) is 0. The van der Waals surface area contributed by atoms with Crippen LogP contribution in [0.15, 0.2) is 29.2 Å². The number of rotatable bonds is 4. The number of benzene rings is 1. The van der Waals surface area contributed by atoms with Crippen LogP contribution >= 0.6 is 0 Å². The van der Waals surface area contributed by atoms with Crippen LogP contribution in [0.4, 0.5) is 4.79 Å². The van der Waals surface area contributed by atoms with Crippen LogP contribution in [0.2, 0.25) is 0 Å². The van der Waals surface area contributed by atoms with Gasteiger partial charge in [-0.1, -0.05) is 17.7 Å². The zero-order valence-electron chi connectivity index (χ0n) is 16.5. The van der Waals surface area contributed by atoms with Crippen molar-refractivity contribution in [2.24, 2.45) is 5.92 Å². The summed E-state index contributed by atoms with van der Waals surface area (Å²) in [4.78, 5) is 14.5. The maximum atomic E-state index is 12.5. The predicted molar refractivity (Wildman–Crippen MR) is 102 cm³/mol. The Labute approximate surface area is 162 Å². The van der Waals surface area contributed by atoms with Gasteiger partial charge in [0.05, 0.1) is 11.5 Å². The number of amides is 1. The summed E-state index contributed by atoms with van der Waals surface area (Å²) in [6.07, 6.45) is 3.11. The SMILES string of the molecule is Cc1ccc(S(=O)(=O)OCC2C[C@H]3CC[C@@H](C2)N3C(=O)OC(C)(C)C)cc1. The molecule has 3 rings (SSSR count). The molecule has 0 N–H and O–H groups in total. The Morgan fingerprint density at radius 3 is 2.19 bits per heavy atom. The highest BCUT2D eigenvalue weighted by Crippen LogP contribution is 2.39. The Morgan fingerprint density at radius 2 is 1.67 bits per heavy atom. The number of hydrogen-bond acceptors (Lipinski definition) is 5. The zero-order valence-corrected chi connectivity index (χ0v) is 17.3. The molecular weight excluding hydrogens is 366 g/mol. The highest BCUT2D eigenvalue weighted by atomic mass is 32.2.